The van der Waals surface area contributed by atoms with Crippen LogP contribution in [0.3, 0.4) is 0 Å². The Hall–Kier alpha value is -1.35. The molecule has 0 saturated heterocycles. The monoisotopic (exact) mass is 222 g/mol. The van der Waals surface area contributed by atoms with E-state index in [1.54, 1.807) is 14.0 Å². The summed E-state index contributed by atoms with van der Waals surface area (Å²) in [4.78, 5) is 11.2. The van der Waals surface area contributed by atoms with Crippen molar-refractivity contribution in [2.45, 2.75) is 32.0 Å². The molecule has 0 heterocycles. The van der Waals surface area contributed by atoms with Crippen molar-refractivity contribution in [3.8, 4) is 0 Å². The lowest BCUT2D eigenvalue weighted by molar-refractivity contribution is -0.150. The fourth-order valence-electron chi connectivity index (χ4n) is 1.54. The van der Waals surface area contributed by atoms with Crippen molar-refractivity contribution in [3.63, 3.8) is 0 Å². The Morgan fingerprint density at radius 1 is 1.56 bits per heavy atom. The van der Waals surface area contributed by atoms with Gasteiger partial charge >= 0.3 is 5.97 Å². The fraction of sp³-hybridized carbons (Fsp3) is 0.462. The molecule has 1 aliphatic carbocycles. The molecule has 0 fully saturated rings. The summed E-state index contributed by atoms with van der Waals surface area (Å²) in [6.07, 6.45) is 8.28. The summed E-state index contributed by atoms with van der Waals surface area (Å²) in [5.41, 5.74) is 1.13. The summed E-state index contributed by atoms with van der Waals surface area (Å²) >= 11 is 0. The average molecular weight is 222 g/mol. The van der Waals surface area contributed by atoms with E-state index < -0.39 is 0 Å². The first-order valence-corrected chi connectivity index (χ1v) is 5.43. The minimum absolute atomic E-state index is 0.199. The molecule has 16 heavy (non-hydrogen) atoms. The van der Waals surface area contributed by atoms with Crippen LogP contribution < -0.4 is 0 Å². The zero-order valence-corrected chi connectivity index (χ0v) is 9.81. The van der Waals surface area contributed by atoms with Crippen LogP contribution >= 0.6 is 0 Å². The molecule has 2 atom stereocenters. The quantitative estimate of drug-likeness (QED) is 0.529. The normalized spacial score (nSPS) is 23.8. The van der Waals surface area contributed by atoms with E-state index in [2.05, 4.69) is 6.58 Å². The predicted octanol–water partition coefficient (Wildman–Crippen LogP) is 2.40. The van der Waals surface area contributed by atoms with Gasteiger partial charge in [0, 0.05) is 13.5 Å². The lowest BCUT2D eigenvalue weighted by Crippen LogP contribution is -2.31. The first-order valence-electron chi connectivity index (χ1n) is 5.43. The third-order valence-corrected chi connectivity index (χ3v) is 2.41. The van der Waals surface area contributed by atoms with Gasteiger partial charge in [0.2, 0.25) is 0 Å². The number of allylic oxidation sites excluding steroid dienone is 3. The molecule has 0 aromatic carbocycles. The third kappa shape index (κ3) is 3.35. The summed E-state index contributed by atoms with van der Waals surface area (Å²) in [6.45, 7) is 5.46. The lowest BCUT2D eigenvalue weighted by Gasteiger charge is -2.24. The maximum atomic E-state index is 11.2. The molecular weight excluding hydrogens is 204 g/mol. The molecule has 0 aromatic heterocycles. The smallest absolute Gasteiger partial charge is 0.306 e. The number of rotatable bonds is 5. The van der Waals surface area contributed by atoms with Crippen LogP contribution in [0, 0.1) is 0 Å². The molecule has 1 rings (SSSR count). The summed E-state index contributed by atoms with van der Waals surface area (Å²) in [5.74, 6) is -0.211. The summed E-state index contributed by atoms with van der Waals surface area (Å²) < 4.78 is 10.5. The molecular formula is C13H18O3. The van der Waals surface area contributed by atoms with Crippen LogP contribution in [0.5, 0.6) is 0 Å². The highest BCUT2D eigenvalue weighted by atomic mass is 16.6. The summed E-state index contributed by atoms with van der Waals surface area (Å²) in [6, 6.07) is 0. The first-order chi connectivity index (χ1) is 7.71. The van der Waals surface area contributed by atoms with Crippen LogP contribution in [0.2, 0.25) is 0 Å². The second-order valence-electron chi connectivity index (χ2n) is 3.60. The van der Waals surface area contributed by atoms with Crippen molar-refractivity contribution < 1.29 is 14.3 Å². The highest BCUT2D eigenvalue weighted by molar-refractivity contribution is 5.69. The van der Waals surface area contributed by atoms with Crippen LogP contribution in [0.15, 0.2) is 36.5 Å². The van der Waals surface area contributed by atoms with Gasteiger partial charge in [-0.1, -0.05) is 19.1 Å². The molecule has 0 aliphatic heterocycles. The molecule has 0 radical (unpaired) electrons. The van der Waals surface area contributed by atoms with E-state index in [0.29, 0.717) is 6.42 Å². The molecule has 88 valence electrons. The molecule has 0 amide bonds. The maximum absolute atomic E-state index is 11.2. The second kappa shape index (κ2) is 6.28. The van der Waals surface area contributed by atoms with E-state index in [9.17, 15) is 4.79 Å². The van der Waals surface area contributed by atoms with E-state index in [4.69, 9.17) is 9.47 Å². The molecule has 2 unspecified atom stereocenters. The fourth-order valence-corrected chi connectivity index (χ4v) is 1.54. The summed E-state index contributed by atoms with van der Waals surface area (Å²) in [7, 11) is 1.61. The molecule has 1 aliphatic rings. The van der Waals surface area contributed by atoms with Crippen LogP contribution in [0.1, 0.15) is 19.8 Å². The van der Waals surface area contributed by atoms with Crippen molar-refractivity contribution in [2.75, 3.05) is 7.11 Å². The SMILES string of the molecule is C=CCC1=CC(OC)C(OC(=O)CC)C=C1. The van der Waals surface area contributed by atoms with Gasteiger partial charge in [0.05, 0.1) is 0 Å². The zero-order chi connectivity index (χ0) is 12.0. The molecule has 0 bridgehead atoms. The number of carbonyl (C=O) groups is 1. The Balaban J connectivity index is 2.66. The Kier molecular flexibility index (Phi) is 4.99. The predicted molar refractivity (Wildman–Crippen MR) is 63.0 cm³/mol. The molecule has 0 spiro atoms. The van der Waals surface area contributed by atoms with Crippen molar-refractivity contribution in [1.29, 1.82) is 0 Å². The van der Waals surface area contributed by atoms with Crippen molar-refractivity contribution in [3.05, 3.63) is 36.5 Å². The van der Waals surface area contributed by atoms with Crippen LogP contribution in [-0.2, 0) is 14.3 Å². The van der Waals surface area contributed by atoms with Gasteiger partial charge in [-0.25, -0.2) is 0 Å². The van der Waals surface area contributed by atoms with Crippen LogP contribution in [-0.4, -0.2) is 25.3 Å². The molecule has 0 saturated carbocycles. The van der Waals surface area contributed by atoms with Gasteiger partial charge < -0.3 is 9.47 Å². The van der Waals surface area contributed by atoms with Crippen LogP contribution in [0.4, 0.5) is 0 Å². The molecule has 0 N–H and O–H groups in total. The van der Waals surface area contributed by atoms with Gasteiger partial charge in [0.25, 0.3) is 0 Å². The van der Waals surface area contributed by atoms with E-state index in [1.165, 1.54) is 0 Å². The largest absolute Gasteiger partial charge is 0.455 e. The third-order valence-electron chi connectivity index (χ3n) is 2.41. The Morgan fingerprint density at radius 3 is 2.88 bits per heavy atom. The highest BCUT2D eigenvalue weighted by Crippen LogP contribution is 2.19. The minimum Gasteiger partial charge on any atom is -0.455 e. The second-order valence-corrected chi connectivity index (χ2v) is 3.60. The van der Waals surface area contributed by atoms with E-state index in [1.807, 2.05) is 24.3 Å². The standard InChI is InChI=1S/C13H18O3/c1-4-6-10-7-8-11(12(9-10)15-3)16-13(14)5-2/h4,7-9,11-12H,1,5-6H2,2-3H3. The van der Waals surface area contributed by atoms with Gasteiger partial charge in [-0.2, -0.15) is 0 Å². The Morgan fingerprint density at radius 2 is 2.31 bits per heavy atom. The van der Waals surface area contributed by atoms with Crippen molar-refractivity contribution in [1.82, 2.24) is 0 Å². The minimum atomic E-state index is -0.314. The number of hydrogen-bond donors (Lipinski definition) is 0. The number of esters is 1. The van der Waals surface area contributed by atoms with E-state index in [0.717, 1.165) is 12.0 Å². The van der Waals surface area contributed by atoms with Gasteiger partial charge in [-0.15, -0.1) is 6.58 Å². The van der Waals surface area contributed by atoms with Crippen LogP contribution in [0.25, 0.3) is 0 Å². The van der Waals surface area contributed by atoms with E-state index in [-0.39, 0.29) is 18.2 Å². The van der Waals surface area contributed by atoms with Gasteiger partial charge in [-0.3, -0.25) is 4.79 Å². The van der Waals surface area contributed by atoms with Gasteiger partial charge in [0.1, 0.15) is 12.2 Å². The molecule has 3 nitrogen and oxygen atoms in total. The van der Waals surface area contributed by atoms with Gasteiger partial charge in [0.15, 0.2) is 0 Å². The molecule has 0 aromatic rings. The number of ether oxygens (including phenoxy) is 2. The highest BCUT2D eigenvalue weighted by Gasteiger charge is 2.23. The van der Waals surface area contributed by atoms with E-state index >= 15 is 0 Å². The summed E-state index contributed by atoms with van der Waals surface area (Å²) in [5, 5.41) is 0. The topological polar surface area (TPSA) is 35.5 Å². The average Bonchev–Trinajstić information content (AvgIpc) is 2.31. The number of hydrogen-bond acceptors (Lipinski definition) is 3. The van der Waals surface area contributed by atoms with Crippen molar-refractivity contribution >= 4 is 5.97 Å². The van der Waals surface area contributed by atoms with Gasteiger partial charge in [-0.05, 0) is 24.1 Å². The maximum Gasteiger partial charge on any atom is 0.306 e. The van der Waals surface area contributed by atoms with Crippen molar-refractivity contribution in [2.24, 2.45) is 0 Å². The number of carbonyl (C=O) groups excluding carboxylic acids is 1. The Labute approximate surface area is 96.4 Å². The zero-order valence-electron chi connectivity index (χ0n) is 9.81. The first kappa shape index (κ1) is 12.7. The molecule has 3 heteroatoms. The Bertz CT molecular complexity index is 315. The number of methoxy groups -OCH3 is 1. The lowest BCUT2D eigenvalue weighted by atomic mass is 10.00.